The van der Waals surface area contributed by atoms with Gasteiger partial charge < -0.3 is 15.4 Å². The third kappa shape index (κ3) is 4.33. The Hall–Kier alpha value is -2.32. The number of benzene rings is 1. The van der Waals surface area contributed by atoms with E-state index in [2.05, 4.69) is 4.74 Å². The van der Waals surface area contributed by atoms with Crippen molar-refractivity contribution in [2.24, 2.45) is 0 Å². The topological polar surface area (TPSA) is 67.4 Å². The molecule has 0 spiro atoms. The van der Waals surface area contributed by atoms with Crippen molar-refractivity contribution in [3.63, 3.8) is 0 Å². The number of halogens is 4. The second-order valence-electron chi connectivity index (χ2n) is 4.50. The van der Waals surface area contributed by atoms with Crippen molar-refractivity contribution < 1.29 is 31.9 Å². The molecular weight excluding hydrogens is 320 g/mol. The fourth-order valence-corrected chi connectivity index (χ4v) is 1.68. The predicted octanol–water partition coefficient (Wildman–Crippen LogP) is 2.59. The summed E-state index contributed by atoms with van der Waals surface area (Å²) in [7, 11) is 0. The summed E-state index contributed by atoms with van der Waals surface area (Å²) in [6, 6.07) is 3.84. The zero-order valence-electron chi connectivity index (χ0n) is 12.5. The molecule has 1 rings (SSSR count). The monoisotopic (exact) mass is 336 g/mol. The summed E-state index contributed by atoms with van der Waals surface area (Å²) in [5.74, 6) is -3.38. The Bertz CT molecular complexity index is 560. The minimum atomic E-state index is -5.20. The van der Waals surface area contributed by atoms with Gasteiger partial charge in [-0.3, -0.25) is 4.79 Å². The SMILES string of the molecule is CCOC(=O)C(NC(=O)CC)(Nc1ccc(F)cc1)C(F)(F)F. The number of esters is 1. The summed E-state index contributed by atoms with van der Waals surface area (Å²) in [4.78, 5) is 23.4. The number of carbonyl (C=O) groups is 2. The molecule has 0 saturated carbocycles. The van der Waals surface area contributed by atoms with Crippen molar-refractivity contribution >= 4 is 17.6 Å². The Morgan fingerprint density at radius 2 is 1.70 bits per heavy atom. The van der Waals surface area contributed by atoms with E-state index in [4.69, 9.17) is 0 Å². The van der Waals surface area contributed by atoms with Gasteiger partial charge in [0, 0.05) is 12.1 Å². The number of hydrogen-bond donors (Lipinski definition) is 2. The van der Waals surface area contributed by atoms with E-state index in [9.17, 15) is 27.2 Å². The summed E-state index contributed by atoms with van der Waals surface area (Å²) in [5.41, 5.74) is -3.68. The van der Waals surface area contributed by atoms with Gasteiger partial charge in [0.2, 0.25) is 5.91 Å². The number of ether oxygens (including phenoxy) is 1. The quantitative estimate of drug-likeness (QED) is 0.476. The first-order valence-electron chi connectivity index (χ1n) is 6.75. The number of anilines is 1. The fraction of sp³-hybridized carbons (Fsp3) is 0.429. The first-order valence-corrected chi connectivity index (χ1v) is 6.75. The Labute approximate surface area is 130 Å². The Balaban J connectivity index is 3.32. The van der Waals surface area contributed by atoms with E-state index in [1.165, 1.54) is 13.8 Å². The molecule has 9 heteroatoms. The largest absolute Gasteiger partial charge is 0.463 e. The summed E-state index contributed by atoms with van der Waals surface area (Å²) >= 11 is 0. The molecule has 5 nitrogen and oxygen atoms in total. The number of hydrogen-bond acceptors (Lipinski definition) is 4. The molecule has 0 saturated heterocycles. The fourth-order valence-electron chi connectivity index (χ4n) is 1.68. The van der Waals surface area contributed by atoms with Crippen LogP contribution in [0.3, 0.4) is 0 Å². The summed E-state index contributed by atoms with van der Waals surface area (Å²) in [6.45, 7) is 2.35. The molecule has 1 aromatic carbocycles. The molecule has 1 atom stereocenters. The summed E-state index contributed by atoms with van der Waals surface area (Å²) < 4.78 is 58.0. The third-order valence-corrected chi connectivity index (χ3v) is 2.83. The van der Waals surface area contributed by atoms with Gasteiger partial charge in [-0.15, -0.1) is 0 Å². The molecule has 2 N–H and O–H groups in total. The molecule has 0 bridgehead atoms. The van der Waals surface area contributed by atoms with Crippen LogP contribution in [0, 0.1) is 5.82 Å². The van der Waals surface area contributed by atoms with Crippen LogP contribution >= 0.6 is 0 Å². The molecular formula is C14H16F4N2O3. The minimum Gasteiger partial charge on any atom is -0.463 e. The van der Waals surface area contributed by atoms with Gasteiger partial charge in [-0.05, 0) is 31.2 Å². The van der Waals surface area contributed by atoms with Crippen molar-refractivity contribution in [1.29, 1.82) is 0 Å². The molecule has 0 aromatic heterocycles. The van der Waals surface area contributed by atoms with Gasteiger partial charge in [0.25, 0.3) is 0 Å². The zero-order chi connectivity index (χ0) is 17.7. The average Bonchev–Trinajstić information content (AvgIpc) is 2.47. The molecule has 1 aromatic rings. The van der Waals surface area contributed by atoms with E-state index in [0.717, 1.165) is 24.3 Å². The molecule has 0 heterocycles. The van der Waals surface area contributed by atoms with Gasteiger partial charge in [-0.1, -0.05) is 6.92 Å². The van der Waals surface area contributed by atoms with Crippen LogP contribution in [0.1, 0.15) is 20.3 Å². The third-order valence-electron chi connectivity index (χ3n) is 2.83. The lowest BCUT2D eigenvalue weighted by atomic mass is 10.1. The van der Waals surface area contributed by atoms with Crippen LogP contribution in [0.25, 0.3) is 0 Å². The zero-order valence-corrected chi connectivity index (χ0v) is 12.5. The van der Waals surface area contributed by atoms with Crippen molar-refractivity contribution in [1.82, 2.24) is 5.32 Å². The standard InChI is InChI=1S/C14H16F4N2O3/c1-3-11(21)20-13(14(16,17)18,12(22)23-4-2)19-10-7-5-9(15)6-8-10/h5-8,19H,3-4H2,1-2H3,(H,20,21). The molecule has 0 aliphatic heterocycles. The lowest BCUT2D eigenvalue weighted by Crippen LogP contribution is -2.69. The lowest BCUT2D eigenvalue weighted by Gasteiger charge is -2.35. The van der Waals surface area contributed by atoms with Crippen molar-refractivity contribution in [2.45, 2.75) is 32.1 Å². The molecule has 128 valence electrons. The van der Waals surface area contributed by atoms with E-state index in [1.807, 2.05) is 5.32 Å². The van der Waals surface area contributed by atoms with Crippen LogP contribution < -0.4 is 10.6 Å². The summed E-state index contributed by atoms with van der Waals surface area (Å²) in [5, 5.41) is 3.54. The molecule has 1 unspecified atom stereocenters. The normalized spacial score (nSPS) is 13.8. The van der Waals surface area contributed by atoms with E-state index >= 15 is 0 Å². The minimum absolute atomic E-state index is 0.215. The molecule has 0 radical (unpaired) electrons. The average molecular weight is 336 g/mol. The number of nitrogens with one attached hydrogen (secondary N) is 2. The molecule has 23 heavy (non-hydrogen) atoms. The second kappa shape index (κ2) is 7.30. The maximum atomic E-state index is 13.6. The van der Waals surface area contributed by atoms with Gasteiger partial charge in [0.1, 0.15) is 5.82 Å². The highest BCUT2D eigenvalue weighted by atomic mass is 19.4. The molecule has 0 aliphatic carbocycles. The maximum absolute atomic E-state index is 13.6. The van der Waals surface area contributed by atoms with Crippen LogP contribution in [-0.4, -0.2) is 30.3 Å². The van der Waals surface area contributed by atoms with Crippen molar-refractivity contribution in [2.75, 3.05) is 11.9 Å². The van der Waals surface area contributed by atoms with Crippen LogP contribution in [0.4, 0.5) is 23.2 Å². The van der Waals surface area contributed by atoms with E-state index in [0.29, 0.717) is 0 Å². The molecule has 0 aliphatic rings. The first kappa shape index (κ1) is 18.7. The van der Waals surface area contributed by atoms with Gasteiger partial charge >= 0.3 is 17.8 Å². The van der Waals surface area contributed by atoms with Gasteiger partial charge in [-0.25, -0.2) is 9.18 Å². The van der Waals surface area contributed by atoms with Crippen LogP contribution in [0.15, 0.2) is 24.3 Å². The van der Waals surface area contributed by atoms with Crippen molar-refractivity contribution in [3.05, 3.63) is 30.1 Å². The highest BCUT2D eigenvalue weighted by Crippen LogP contribution is 2.33. The first-order chi connectivity index (χ1) is 10.7. The van der Waals surface area contributed by atoms with E-state index in [-0.39, 0.29) is 18.7 Å². The van der Waals surface area contributed by atoms with Crippen molar-refractivity contribution in [3.8, 4) is 0 Å². The second-order valence-corrected chi connectivity index (χ2v) is 4.50. The highest BCUT2D eigenvalue weighted by Gasteiger charge is 2.63. The van der Waals surface area contributed by atoms with Crippen LogP contribution in [0.2, 0.25) is 0 Å². The lowest BCUT2D eigenvalue weighted by molar-refractivity contribution is -0.207. The number of amides is 1. The number of alkyl halides is 3. The number of rotatable bonds is 6. The van der Waals surface area contributed by atoms with Gasteiger partial charge in [-0.2, -0.15) is 13.2 Å². The van der Waals surface area contributed by atoms with E-state index in [1.54, 1.807) is 5.32 Å². The Morgan fingerprint density at radius 3 is 2.13 bits per heavy atom. The molecule has 0 fully saturated rings. The highest BCUT2D eigenvalue weighted by molar-refractivity contribution is 5.91. The van der Waals surface area contributed by atoms with Crippen LogP contribution in [0.5, 0.6) is 0 Å². The molecule has 1 amide bonds. The van der Waals surface area contributed by atoms with E-state index < -0.39 is 29.5 Å². The van der Waals surface area contributed by atoms with Gasteiger partial charge in [0.05, 0.1) is 6.61 Å². The predicted molar refractivity (Wildman–Crippen MR) is 73.9 cm³/mol. The smallest absolute Gasteiger partial charge is 0.441 e. The van der Waals surface area contributed by atoms with Crippen LogP contribution in [-0.2, 0) is 14.3 Å². The number of carbonyl (C=O) groups excluding carboxylic acids is 2. The van der Waals surface area contributed by atoms with Gasteiger partial charge in [0.15, 0.2) is 0 Å². The Kier molecular flexibility index (Phi) is 5.94. The maximum Gasteiger partial charge on any atom is 0.441 e. The summed E-state index contributed by atoms with van der Waals surface area (Å²) in [6.07, 6.45) is -5.47. The Morgan fingerprint density at radius 1 is 1.13 bits per heavy atom.